The van der Waals surface area contributed by atoms with E-state index >= 15 is 0 Å². The van der Waals surface area contributed by atoms with Crippen LogP contribution in [0.3, 0.4) is 0 Å². The van der Waals surface area contributed by atoms with Crippen molar-refractivity contribution in [2.45, 2.75) is 39.3 Å². The molecule has 5 heteroatoms. The van der Waals surface area contributed by atoms with Crippen LogP contribution in [0.2, 0.25) is 0 Å². The van der Waals surface area contributed by atoms with Gasteiger partial charge in [-0.3, -0.25) is 9.59 Å². The van der Waals surface area contributed by atoms with Crippen LogP contribution in [0.25, 0.3) is 0 Å². The van der Waals surface area contributed by atoms with Crippen LogP contribution in [-0.4, -0.2) is 49.9 Å². The highest BCUT2D eigenvalue weighted by molar-refractivity contribution is 5.89. The van der Waals surface area contributed by atoms with Gasteiger partial charge in [0.1, 0.15) is 6.04 Å². The first kappa shape index (κ1) is 15.9. The average molecular weight is 243 g/mol. The van der Waals surface area contributed by atoms with Crippen LogP contribution < -0.4 is 10.6 Å². The predicted octanol–water partition coefficient (Wildman–Crippen LogP) is 0.213. The maximum Gasteiger partial charge on any atom is 0.244 e. The summed E-state index contributed by atoms with van der Waals surface area (Å²) in [7, 11) is 5.13. The van der Waals surface area contributed by atoms with Crippen molar-refractivity contribution in [1.82, 2.24) is 15.5 Å². The quantitative estimate of drug-likeness (QED) is 0.701. The maximum absolute atomic E-state index is 12.0. The molecule has 2 amide bonds. The highest BCUT2D eigenvalue weighted by Gasteiger charge is 2.25. The number of hydrogen-bond acceptors (Lipinski definition) is 3. The zero-order valence-corrected chi connectivity index (χ0v) is 11.7. The third-order valence-corrected chi connectivity index (χ3v) is 2.72. The molecule has 5 nitrogen and oxygen atoms in total. The van der Waals surface area contributed by atoms with Gasteiger partial charge in [0.2, 0.25) is 11.8 Å². The Hall–Kier alpha value is -1.10. The van der Waals surface area contributed by atoms with Crippen LogP contribution in [0.4, 0.5) is 0 Å². The molecule has 0 aromatic carbocycles. The Morgan fingerprint density at radius 1 is 1.24 bits per heavy atom. The Bertz CT molecular complexity index is 264. The fourth-order valence-corrected chi connectivity index (χ4v) is 1.68. The largest absolute Gasteiger partial charge is 0.347 e. The minimum absolute atomic E-state index is 0.0699. The molecule has 0 saturated carbocycles. The third kappa shape index (κ3) is 4.73. The second-order valence-electron chi connectivity index (χ2n) is 4.71. The molecule has 0 fully saturated rings. The van der Waals surface area contributed by atoms with Gasteiger partial charge in [-0.05, 0) is 19.4 Å². The number of carbonyl (C=O) groups excluding carboxylic acids is 2. The lowest BCUT2D eigenvalue weighted by molar-refractivity contribution is -0.135. The van der Waals surface area contributed by atoms with E-state index in [0.717, 1.165) is 0 Å². The first-order valence-electron chi connectivity index (χ1n) is 6.03. The molecule has 0 saturated heterocycles. The summed E-state index contributed by atoms with van der Waals surface area (Å²) in [6.07, 6.45) is 0.595. The lowest BCUT2D eigenvalue weighted by Gasteiger charge is -2.25. The zero-order chi connectivity index (χ0) is 13.6. The Morgan fingerprint density at radius 3 is 2.06 bits per heavy atom. The topological polar surface area (TPSA) is 61.4 Å². The molecule has 0 radical (unpaired) electrons. The van der Waals surface area contributed by atoms with Crippen molar-refractivity contribution < 1.29 is 9.59 Å². The maximum atomic E-state index is 12.0. The number of nitrogens with zero attached hydrogens (tertiary/aromatic N) is 1. The molecule has 100 valence electrons. The summed E-state index contributed by atoms with van der Waals surface area (Å²) in [4.78, 5) is 25.2. The van der Waals surface area contributed by atoms with E-state index in [2.05, 4.69) is 10.6 Å². The second-order valence-corrected chi connectivity index (χ2v) is 4.71. The fraction of sp³-hybridized carbons (Fsp3) is 0.833. The fourth-order valence-electron chi connectivity index (χ4n) is 1.68. The number of rotatable bonds is 6. The highest BCUT2D eigenvalue weighted by Crippen LogP contribution is 2.03. The molecule has 0 aromatic rings. The smallest absolute Gasteiger partial charge is 0.244 e. The van der Waals surface area contributed by atoms with Crippen molar-refractivity contribution in [2.75, 3.05) is 21.1 Å². The molecule has 2 unspecified atom stereocenters. The van der Waals surface area contributed by atoms with E-state index in [4.69, 9.17) is 0 Å². The predicted molar refractivity (Wildman–Crippen MR) is 68.6 cm³/mol. The Morgan fingerprint density at radius 2 is 1.76 bits per heavy atom. The molecular weight excluding hydrogens is 218 g/mol. The van der Waals surface area contributed by atoms with Crippen LogP contribution in [0, 0.1) is 5.92 Å². The normalized spacial score (nSPS) is 14.3. The number of amides is 2. The van der Waals surface area contributed by atoms with Gasteiger partial charge in [-0.25, -0.2) is 0 Å². The van der Waals surface area contributed by atoms with Gasteiger partial charge in [-0.15, -0.1) is 0 Å². The van der Waals surface area contributed by atoms with Crippen LogP contribution in [0.5, 0.6) is 0 Å². The van der Waals surface area contributed by atoms with Gasteiger partial charge in [0.25, 0.3) is 0 Å². The standard InChI is InChI=1S/C12H25N3O2/c1-7-9(12(17)15(5)6)14-11(16)10(13-4)8(2)3/h8-10,13H,7H2,1-6H3,(H,14,16). The summed E-state index contributed by atoms with van der Waals surface area (Å²) in [5.41, 5.74) is 0. The molecule has 17 heavy (non-hydrogen) atoms. The molecule has 0 heterocycles. The minimum atomic E-state index is -0.438. The van der Waals surface area contributed by atoms with E-state index in [1.807, 2.05) is 20.8 Å². The Labute approximate surface area is 104 Å². The zero-order valence-electron chi connectivity index (χ0n) is 11.7. The number of carbonyl (C=O) groups is 2. The van der Waals surface area contributed by atoms with Crippen molar-refractivity contribution >= 4 is 11.8 Å². The van der Waals surface area contributed by atoms with Gasteiger partial charge >= 0.3 is 0 Å². The van der Waals surface area contributed by atoms with Gasteiger partial charge in [0, 0.05) is 14.1 Å². The molecule has 0 aliphatic rings. The Balaban J connectivity index is 4.57. The third-order valence-electron chi connectivity index (χ3n) is 2.72. The van der Waals surface area contributed by atoms with Crippen LogP contribution in [-0.2, 0) is 9.59 Å². The van der Waals surface area contributed by atoms with Crippen molar-refractivity contribution in [3.05, 3.63) is 0 Å². The number of hydrogen-bond donors (Lipinski definition) is 2. The first-order valence-corrected chi connectivity index (χ1v) is 6.03. The lowest BCUT2D eigenvalue weighted by Crippen LogP contribution is -2.53. The van der Waals surface area contributed by atoms with Gasteiger partial charge < -0.3 is 15.5 Å². The average Bonchev–Trinajstić information content (AvgIpc) is 2.25. The Kier molecular flexibility index (Phi) is 6.80. The van der Waals surface area contributed by atoms with Crippen molar-refractivity contribution in [3.8, 4) is 0 Å². The summed E-state index contributed by atoms with van der Waals surface area (Å²) >= 11 is 0. The SMILES string of the molecule is CCC(NC(=O)C(NC)C(C)C)C(=O)N(C)C. The molecule has 2 N–H and O–H groups in total. The van der Waals surface area contributed by atoms with Crippen molar-refractivity contribution in [1.29, 1.82) is 0 Å². The summed E-state index contributed by atoms with van der Waals surface area (Å²) in [6.45, 7) is 5.82. The summed E-state index contributed by atoms with van der Waals surface area (Å²) in [5, 5.41) is 5.75. The van der Waals surface area contributed by atoms with Crippen LogP contribution in [0.1, 0.15) is 27.2 Å². The first-order chi connectivity index (χ1) is 7.84. The van der Waals surface area contributed by atoms with E-state index in [9.17, 15) is 9.59 Å². The molecule has 0 aliphatic carbocycles. The molecular formula is C12H25N3O2. The highest BCUT2D eigenvalue weighted by atomic mass is 16.2. The van der Waals surface area contributed by atoms with E-state index < -0.39 is 6.04 Å². The number of likely N-dealkylation sites (N-methyl/N-ethyl adjacent to an activating group) is 2. The van der Waals surface area contributed by atoms with Crippen LogP contribution >= 0.6 is 0 Å². The summed E-state index contributed by atoms with van der Waals surface area (Å²) < 4.78 is 0. The molecule has 0 rings (SSSR count). The van der Waals surface area contributed by atoms with Gasteiger partial charge in [0.15, 0.2) is 0 Å². The summed E-state index contributed by atoms with van der Waals surface area (Å²) in [6, 6.07) is -0.703. The molecule has 0 aliphatic heterocycles. The van der Waals surface area contributed by atoms with Gasteiger partial charge in [0.05, 0.1) is 6.04 Å². The van der Waals surface area contributed by atoms with Crippen molar-refractivity contribution in [2.24, 2.45) is 5.92 Å². The molecule has 0 spiro atoms. The minimum Gasteiger partial charge on any atom is -0.347 e. The van der Waals surface area contributed by atoms with Gasteiger partial charge in [-0.1, -0.05) is 20.8 Å². The van der Waals surface area contributed by atoms with Crippen molar-refractivity contribution in [3.63, 3.8) is 0 Å². The number of nitrogens with one attached hydrogen (secondary N) is 2. The van der Waals surface area contributed by atoms with E-state index in [0.29, 0.717) is 6.42 Å². The second kappa shape index (κ2) is 7.27. The molecule has 0 bridgehead atoms. The van der Waals surface area contributed by atoms with E-state index in [-0.39, 0.29) is 23.8 Å². The lowest BCUT2D eigenvalue weighted by atomic mass is 10.0. The molecule has 2 atom stereocenters. The molecule has 0 aromatic heterocycles. The van der Waals surface area contributed by atoms with Gasteiger partial charge in [-0.2, -0.15) is 0 Å². The van der Waals surface area contributed by atoms with E-state index in [1.54, 1.807) is 21.1 Å². The van der Waals surface area contributed by atoms with Crippen LogP contribution in [0.15, 0.2) is 0 Å². The van der Waals surface area contributed by atoms with E-state index in [1.165, 1.54) is 4.90 Å². The monoisotopic (exact) mass is 243 g/mol. The summed E-state index contributed by atoms with van der Waals surface area (Å²) in [5.74, 6) is -0.00373.